The van der Waals surface area contributed by atoms with E-state index in [0.717, 1.165) is 5.39 Å². The van der Waals surface area contributed by atoms with Gasteiger partial charge >= 0.3 is 5.63 Å². The van der Waals surface area contributed by atoms with Gasteiger partial charge in [-0.3, -0.25) is 4.79 Å². The Kier molecular flexibility index (Phi) is 4.44. The van der Waals surface area contributed by atoms with Crippen molar-refractivity contribution in [1.29, 1.82) is 0 Å². The predicted molar refractivity (Wildman–Crippen MR) is 105 cm³/mol. The van der Waals surface area contributed by atoms with E-state index in [1.807, 2.05) is 12.1 Å². The highest BCUT2D eigenvalue weighted by molar-refractivity contribution is 6.32. The van der Waals surface area contributed by atoms with Gasteiger partial charge in [-0.1, -0.05) is 41.9 Å². The summed E-state index contributed by atoms with van der Waals surface area (Å²) in [5.41, 5.74) is 1.86. The molecule has 0 aliphatic carbocycles. The molecule has 2 heterocycles. The minimum atomic E-state index is -0.457. The molecule has 5 nitrogen and oxygen atoms in total. The Labute approximate surface area is 159 Å². The molecule has 0 atom stereocenters. The molecule has 2 aromatic carbocycles. The van der Waals surface area contributed by atoms with Crippen molar-refractivity contribution >= 4 is 34.2 Å². The van der Waals surface area contributed by atoms with Gasteiger partial charge in [0.25, 0.3) is 5.91 Å². The molecule has 6 heteroatoms. The molecular formula is C21H13ClN2O3. The normalized spacial score (nSPS) is 10.7. The molecule has 1 N–H and O–H groups in total. The molecule has 0 unspecified atom stereocenters. The van der Waals surface area contributed by atoms with Crippen LogP contribution in [0.4, 0.5) is 5.69 Å². The molecule has 132 valence electrons. The van der Waals surface area contributed by atoms with Crippen molar-refractivity contribution in [2.24, 2.45) is 0 Å². The summed E-state index contributed by atoms with van der Waals surface area (Å²) >= 11 is 5.98. The van der Waals surface area contributed by atoms with Gasteiger partial charge in [0.1, 0.15) is 5.58 Å². The highest BCUT2D eigenvalue weighted by Crippen LogP contribution is 2.23. The Balaban J connectivity index is 1.71. The average Bonchev–Trinajstić information content (AvgIpc) is 2.69. The number of carbonyl (C=O) groups is 1. The van der Waals surface area contributed by atoms with E-state index in [9.17, 15) is 9.59 Å². The first-order valence-electron chi connectivity index (χ1n) is 8.17. The molecule has 0 aliphatic rings. The lowest BCUT2D eigenvalue weighted by atomic mass is 10.0. The lowest BCUT2D eigenvalue weighted by Crippen LogP contribution is -2.13. The molecule has 0 saturated carbocycles. The van der Waals surface area contributed by atoms with Crippen LogP contribution in [-0.4, -0.2) is 10.9 Å². The molecule has 0 aliphatic heterocycles. The standard InChI is InChI=1S/C21H13ClN2O3/c22-19-17(8-4-10-23-19)24-20(25)15-7-3-6-13(11-15)16-12-14-5-1-2-9-18(14)27-21(16)26/h1-12H,(H,24,25). The maximum absolute atomic E-state index is 12.5. The number of para-hydroxylation sites is 1. The van der Waals surface area contributed by atoms with Crippen LogP contribution < -0.4 is 10.9 Å². The number of hydrogen-bond acceptors (Lipinski definition) is 4. The number of nitrogens with zero attached hydrogens (tertiary/aromatic N) is 1. The van der Waals surface area contributed by atoms with Gasteiger partial charge in [-0.15, -0.1) is 0 Å². The molecule has 0 fully saturated rings. The van der Waals surface area contributed by atoms with Gasteiger partial charge in [0.05, 0.1) is 11.3 Å². The van der Waals surface area contributed by atoms with Crippen LogP contribution in [0.25, 0.3) is 22.1 Å². The second-order valence-electron chi connectivity index (χ2n) is 5.86. The van der Waals surface area contributed by atoms with Gasteiger partial charge in [-0.05, 0) is 42.0 Å². The summed E-state index contributed by atoms with van der Waals surface area (Å²) in [6.07, 6.45) is 1.54. The quantitative estimate of drug-likeness (QED) is 0.413. The van der Waals surface area contributed by atoms with Gasteiger partial charge in [-0.25, -0.2) is 9.78 Å². The number of halogens is 1. The van der Waals surface area contributed by atoms with Crippen molar-refractivity contribution in [3.63, 3.8) is 0 Å². The average molecular weight is 377 g/mol. The number of anilines is 1. The van der Waals surface area contributed by atoms with Crippen LogP contribution in [0.3, 0.4) is 0 Å². The minimum absolute atomic E-state index is 0.206. The van der Waals surface area contributed by atoms with Crippen LogP contribution in [0.5, 0.6) is 0 Å². The Morgan fingerprint density at radius 2 is 1.85 bits per heavy atom. The number of benzene rings is 2. The number of amides is 1. The van der Waals surface area contributed by atoms with Gasteiger partial charge in [0.15, 0.2) is 5.15 Å². The number of fused-ring (bicyclic) bond motifs is 1. The van der Waals surface area contributed by atoms with E-state index < -0.39 is 5.63 Å². The topological polar surface area (TPSA) is 72.2 Å². The van der Waals surface area contributed by atoms with Crippen LogP contribution in [0.15, 0.2) is 82.1 Å². The van der Waals surface area contributed by atoms with Gasteiger partial charge < -0.3 is 9.73 Å². The number of hydrogen-bond donors (Lipinski definition) is 1. The summed E-state index contributed by atoms with van der Waals surface area (Å²) in [6.45, 7) is 0. The molecular weight excluding hydrogens is 364 g/mol. The third kappa shape index (κ3) is 3.45. The number of aromatic nitrogens is 1. The summed E-state index contributed by atoms with van der Waals surface area (Å²) in [4.78, 5) is 28.8. The van der Waals surface area contributed by atoms with Crippen molar-refractivity contribution < 1.29 is 9.21 Å². The van der Waals surface area contributed by atoms with E-state index in [0.29, 0.717) is 28.0 Å². The summed E-state index contributed by atoms with van der Waals surface area (Å²) in [5.74, 6) is -0.350. The summed E-state index contributed by atoms with van der Waals surface area (Å²) in [5, 5.41) is 3.73. The zero-order valence-electron chi connectivity index (χ0n) is 14.0. The Morgan fingerprint density at radius 1 is 1.00 bits per heavy atom. The van der Waals surface area contributed by atoms with E-state index in [-0.39, 0.29) is 11.1 Å². The first kappa shape index (κ1) is 17.0. The monoisotopic (exact) mass is 376 g/mol. The fourth-order valence-electron chi connectivity index (χ4n) is 2.76. The van der Waals surface area contributed by atoms with Crippen LogP contribution in [0, 0.1) is 0 Å². The predicted octanol–water partition coefficient (Wildman–Crippen LogP) is 4.76. The van der Waals surface area contributed by atoms with Crippen molar-refractivity contribution in [2.45, 2.75) is 0 Å². The molecule has 0 bridgehead atoms. The van der Waals surface area contributed by atoms with E-state index in [4.69, 9.17) is 16.0 Å². The number of carbonyl (C=O) groups excluding carboxylic acids is 1. The van der Waals surface area contributed by atoms with Crippen molar-refractivity contribution in [3.8, 4) is 11.1 Å². The van der Waals surface area contributed by atoms with E-state index in [1.165, 1.54) is 6.20 Å². The summed E-state index contributed by atoms with van der Waals surface area (Å²) in [6, 6.07) is 19.1. The van der Waals surface area contributed by atoms with E-state index in [2.05, 4.69) is 10.3 Å². The Hall–Kier alpha value is -3.44. The molecule has 0 spiro atoms. The molecule has 27 heavy (non-hydrogen) atoms. The smallest absolute Gasteiger partial charge is 0.344 e. The largest absolute Gasteiger partial charge is 0.422 e. The zero-order valence-corrected chi connectivity index (χ0v) is 14.7. The van der Waals surface area contributed by atoms with Crippen molar-refractivity contribution in [1.82, 2.24) is 4.98 Å². The van der Waals surface area contributed by atoms with Crippen LogP contribution >= 0.6 is 11.6 Å². The fourth-order valence-corrected chi connectivity index (χ4v) is 2.93. The third-order valence-corrected chi connectivity index (χ3v) is 4.39. The molecule has 0 radical (unpaired) electrons. The van der Waals surface area contributed by atoms with Crippen LogP contribution in [0.1, 0.15) is 10.4 Å². The van der Waals surface area contributed by atoms with E-state index >= 15 is 0 Å². The van der Waals surface area contributed by atoms with Crippen LogP contribution in [0.2, 0.25) is 5.15 Å². The van der Waals surface area contributed by atoms with Gasteiger partial charge in [-0.2, -0.15) is 0 Å². The highest BCUT2D eigenvalue weighted by Gasteiger charge is 2.12. The Morgan fingerprint density at radius 3 is 2.70 bits per heavy atom. The molecule has 4 rings (SSSR count). The number of rotatable bonds is 3. The van der Waals surface area contributed by atoms with Crippen LogP contribution in [-0.2, 0) is 0 Å². The van der Waals surface area contributed by atoms with Crippen molar-refractivity contribution in [2.75, 3.05) is 5.32 Å². The first-order chi connectivity index (χ1) is 13.1. The molecule has 0 saturated heterocycles. The van der Waals surface area contributed by atoms with Gasteiger partial charge in [0, 0.05) is 17.1 Å². The second kappa shape index (κ2) is 7.05. The molecule has 1 amide bonds. The van der Waals surface area contributed by atoms with Crippen molar-refractivity contribution in [3.05, 3.63) is 94.1 Å². The zero-order chi connectivity index (χ0) is 18.8. The fraction of sp³-hybridized carbons (Fsp3) is 0. The minimum Gasteiger partial charge on any atom is -0.422 e. The second-order valence-corrected chi connectivity index (χ2v) is 6.22. The third-order valence-electron chi connectivity index (χ3n) is 4.08. The highest BCUT2D eigenvalue weighted by atomic mass is 35.5. The lowest BCUT2D eigenvalue weighted by Gasteiger charge is -2.08. The maximum Gasteiger partial charge on any atom is 0.344 e. The van der Waals surface area contributed by atoms with Gasteiger partial charge in [0.2, 0.25) is 0 Å². The lowest BCUT2D eigenvalue weighted by molar-refractivity contribution is 0.102. The molecule has 4 aromatic rings. The van der Waals surface area contributed by atoms with E-state index in [1.54, 1.807) is 54.6 Å². The summed E-state index contributed by atoms with van der Waals surface area (Å²) < 4.78 is 5.38. The molecule has 2 aromatic heterocycles. The number of pyridine rings is 1. The summed E-state index contributed by atoms with van der Waals surface area (Å²) in [7, 11) is 0. The maximum atomic E-state index is 12.5. The number of nitrogens with one attached hydrogen (secondary N) is 1. The SMILES string of the molecule is O=C(Nc1cccnc1Cl)c1cccc(-c2cc3ccccc3oc2=O)c1. The Bertz CT molecular complexity index is 1220. The first-order valence-corrected chi connectivity index (χ1v) is 8.55.